The topological polar surface area (TPSA) is 68.3 Å². The molecule has 15 heavy (non-hydrogen) atoms. The molecule has 0 aromatic heterocycles. The van der Waals surface area contributed by atoms with Gasteiger partial charge < -0.3 is 15.2 Å². The zero-order valence-electron chi connectivity index (χ0n) is 9.04. The molecule has 1 rings (SSSR count). The quantitative estimate of drug-likeness (QED) is 0.571. The van der Waals surface area contributed by atoms with Crippen molar-refractivity contribution in [1.29, 1.82) is 5.41 Å². The third-order valence-electron chi connectivity index (χ3n) is 1.95. The van der Waals surface area contributed by atoms with Crippen molar-refractivity contribution in [2.24, 2.45) is 5.73 Å². The van der Waals surface area contributed by atoms with E-state index < -0.39 is 0 Å². The highest BCUT2D eigenvalue weighted by molar-refractivity contribution is 5.76. The van der Waals surface area contributed by atoms with Gasteiger partial charge in [-0.05, 0) is 24.6 Å². The first-order valence-electron chi connectivity index (χ1n) is 4.74. The van der Waals surface area contributed by atoms with Gasteiger partial charge in [-0.15, -0.1) is 0 Å². The molecule has 3 N–H and O–H groups in total. The number of hydrogen-bond acceptors (Lipinski definition) is 3. The minimum absolute atomic E-state index is 0.126. The van der Waals surface area contributed by atoms with E-state index in [2.05, 4.69) is 0 Å². The fraction of sp³-hybridized carbons (Fsp3) is 0.364. The zero-order valence-corrected chi connectivity index (χ0v) is 9.04. The molecule has 1 aromatic rings. The van der Waals surface area contributed by atoms with Crippen LogP contribution >= 0.6 is 0 Å². The van der Waals surface area contributed by atoms with Crippen LogP contribution in [0.15, 0.2) is 18.2 Å². The highest BCUT2D eigenvalue weighted by Gasteiger charge is 2.03. The Hall–Kier alpha value is -1.71. The van der Waals surface area contributed by atoms with Crippen LogP contribution in [0.5, 0.6) is 11.5 Å². The molecule has 1 aromatic carbocycles. The third-order valence-corrected chi connectivity index (χ3v) is 1.95. The number of ether oxygens (including phenoxy) is 2. The molecule has 0 aliphatic heterocycles. The van der Waals surface area contributed by atoms with Crippen LogP contribution in [0.3, 0.4) is 0 Å². The second kappa shape index (κ2) is 5.24. The number of hydrogen-bond donors (Lipinski definition) is 2. The molecular formula is C11H16N2O2. The summed E-state index contributed by atoms with van der Waals surface area (Å²) in [6.07, 6.45) is 0.428. The van der Waals surface area contributed by atoms with Crippen LogP contribution in [0.1, 0.15) is 12.0 Å². The van der Waals surface area contributed by atoms with Gasteiger partial charge in [0, 0.05) is 6.42 Å². The monoisotopic (exact) mass is 208 g/mol. The van der Waals surface area contributed by atoms with Crippen molar-refractivity contribution in [3.05, 3.63) is 23.8 Å². The van der Waals surface area contributed by atoms with Gasteiger partial charge in [0.05, 0.1) is 19.6 Å². The zero-order chi connectivity index (χ0) is 11.3. The molecule has 0 spiro atoms. The minimum Gasteiger partial charge on any atom is -0.493 e. The van der Waals surface area contributed by atoms with Gasteiger partial charge in [0.1, 0.15) is 0 Å². The Morgan fingerprint density at radius 3 is 2.73 bits per heavy atom. The molecule has 0 fully saturated rings. The highest BCUT2D eigenvalue weighted by atomic mass is 16.5. The molecule has 0 saturated carbocycles. The number of amidine groups is 1. The summed E-state index contributed by atoms with van der Waals surface area (Å²) in [5.41, 5.74) is 6.34. The summed E-state index contributed by atoms with van der Waals surface area (Å²) in [4.78, 5) is 0. The number of rotatable bonds is 5. The summed E-state index contributed by atoms with van der Waals surface area (Å²) in [7, 11) is 1.60. The molecule has 0 saturated heterocycles. The number of nitrogens with one attached hydrogen (secondary N) is 1. The summed E-state index contributed by atoms with van der Waals surface area (Å²) in [5.74, 6) is 1.52. The van der Waals surface area contributed by atoms with E-state index in [4.69, 9.17) is 20.6 Å². The van der Waals surface area contributed by atoms with E-state index in [0.29, 0.717) is 24.5 Å². The Morgan fingerprint density at radius 2 is 2.13 bits per heavy atom. The van der Waals surface area contributed by atoms with E-state index in [9.17, 15) is 0 Å². The Kier molecular flexibility index (Phi) is 3.97. The van der Waals surface area contributed by atoms with E-state index in [1.165, 1.54) is 0 Å². The second-order valence-corrected chi connectivity index (χ2v) is 3.28. The molecule has 0 aliphatic rings. The lowest BCUT2D eigenvalue weighted by Gasteiger charge is -2.10. The van der Waals surface area contributed by atoms with E-state index in [-0.39, 0.29) is 5.84 Å². The molecule has 82 valence electrons. The summed E-state index contributed by atoms with van der Waals surface area (Å²) in [6.45, 7) is 2.39. The van der Waals surface area contributed by atoms with Crippen LogP contribution in [0.25, 0.3) is 0 Å². The molecule has 0 atom stereocenters. The third kappa shape index (κ3) is 3.50. The number of aryl methyl sites for hydroxylation is 1. The largest absolute Gasteiger partial charge is 0.493 e. The maximum absolute atomic E-state index is 7.06. The van der Waals surface area contributed by atoms with Gasteiger partial charge in [-0.2, -0.15) is 0 Å². The average Bonchev–Trinajstić information content (AvgIpc) is 2.19. The summed E-state index contributed by atoms with van der Waals surface area (Å²) >= 11 is 0. The Morgan fingerprint density at radius 1 is 1.40 bits per heavy atom. The van der Waals surface area contributed by atoms with Crippen molar-refractivity contribution >= 4 is 5.84 Å². The van der Waals surface area contributed by atoms with Gasteiger partial charge in [-0.25, -0.2) is 0 Å². The van der Waals surface area contributed by atoms with Gasteiger partial charge in [0.2, 0.25) is 0 Å². The molecule has 0 bridgehead atoms. The van der Waals surface area contributed by atoms with E-state index in [1.807, 2.05) is 25.1 Å². The lowest BCUT2D eigenvalue weighted by Crippen LogP contribution is -2.13. The Labute approximate surface area is 89.5 Å². The predicted molar refractivity (Wildman–Crippen MR) is 59.8 cm³/mol. The van der Waals surface area contributed by atoms with Gasteiger partial charge in [-0.1, -0.05) is 6.07 Å². The Balaban J connectivity index is 2.63. The van der Waals surface area contributed by atoms with Crippen molar-refractivity contribution in [3.63, 3.8) is 0 Å². The van der Waals surface area contributed by atoms with E-state index >= 15 is 0 Å². The smallest absolute Gasteiger partial charge is 0.161 e. The molecule has 0 amide bonds. The van der Waals surface area contributed by atoms with Gasteiger partial charge in [-0.3, -0.25) is 5.41 Å². The molecule has 4 nitrogen and oxygen atoms in total. The predicted octanol–water partition coefficient (Wildman–Crippen LogP) is 1.71. The number of benzene rings is 1. The van der Waals surface area contributed by atoms with Gasteiger partial charge in [0.25, 0.3) is 0 Å². The summed E-state index contributed by atoms with van der Waals surface area (Å²) < 4.78 is 10.6. The summed E-state index contributed by atoms with van der Waals surface area (Å²) in [6, 6.07) is 5.71. The normalized spacial score (nSPS) is 9.73. The fourth-order valence-electron chi connectivity index (χ4n) is 1.16. The first-order chi connectivity index (χ1) is 7.13. The van der Waals surface area contributed by atoms with Crippen molar-refractivity contribution in [3.8, 4) is 11.5 Å². The maximum Gasteiger partial charge on any atom is 0.161 e. The van der Waals surface area contributed by atoms with Crippen molar-refractivity contribution in [2.75, 3.05) is 13.7 Å². The number of methoxy groups -OCH3 is 1. The van der Waals surface area contributed by atoms with Gasteiger partial charge in [0.15, 0.2) is 11.5 Å². The van der Waals surface area contributed by atoms with Crippen LogP contribution < -0.4 is 15.2 Å². The molecule has 0 heterocycles. The standard InChI is InChI=1S/C11H16N2O2/c1-8-3-4-9(10(7-8)14-2)15-6-5-11(12)13/h3-4,7H,5-6H2,1-2H3,(H3,12,13). The van der Waals surface area contributed by atoms with Crippen LogP contribution in [-0.4, -0.2) is 19.6 Å². The van der Waals surface area contributed by atoms with Crippen LogP contribution in [0.4, 0.5) is 0 Å². The second-order valence-electron chi connectivity index (χ2n) is 3.28. The lowest BCUT2D eigenvalue weighted by molar-refractivity contribution is 0.302. The average molecular weight is 208 g/mol. The van der Waals surface area contributed by atoms with Crippen LogP contribution in [0.2, 0.25) is 0 Å². The van der Waals surface area contributed by atoms with Crippen molar-refractivity contribution < 1.29 is 9.47 Å². The fourth-order valence-corrected chi connectivity index (χ4v) is 1.16. The minimum atomic E-state index is 0.126. The molecule has 0 radical (unpaired) electrons. The van der Waals surface area contributed by atoms with E-state index in [0.717, 1.165) is 5.56 Å². The molecular weight excluding hydrogens is 192 g/mol. The van der Waals surface area contributed by atoms with Crippen LogP contribution in [0, 0.1) is 12.3 Å². The van der Waals surface area contributed by atoms with Gasteiger partial charge >= 0.3 is 0 Å². The molecule has 0 unspecified atom stereocenters. The van der Waals surface area contributed by atoms with Crippen molar-refractivity contribution in [1.82, 2.24) is 0 Å². The van der Waals surface area contributed by atoms with Crippen LogP contribution in [-0.2, 0) is 0 Å². The SMILES string of the molecule is COc1cc(C)ccc1OCCC(=N)N. The molecule has 0 aliphatic carbocycles. The number of nitrogens with two attached hydrogens (primary N) is 1. The lowest BCUT2D eigenvalue weighted by atomic mass is 10.2. The molecule has 4 heteroatoms. The summed E-state index contributed by atoms with van der Waals surface area (Å²) in [5, 5.41) is 7.06. The Bertz CT molecular complexity index is 350. The highest BCUT2D eigenvalue weighted by Crippen LogP contribution is 2.27. The van der Waals surface area contributed by atoms with Crippen molar-refractivity contribution in [2.45, 2.75) is 13.3 Å². The van der Waals surface area contributed by atoms with E-state index in [1.54, 1.807) is 7.11 Å². The first kappa shape index (κ1) is 11.4. The first-order valence-corrected chi connectivity index (χ1v) is 4.74. The maximum atomic E-state index is 7.06.